The molecule has 0 atom stereocenters. The van der Waals surface area contributed by atoms with Gasteiger partial charge in [-0.1, -0.05) is 18.2 Å². The molecule has 1 N–H and O–H groups in total. The maximum absolute atomic E-state index is 12.7. The van der Waals surface area contributed by atoms with Gasteiger partial charge in [-0.2, -0.15) is 0 Å². The van der Waals surface area contributed by atoms with E-state index < -0.39 is 12.5 Å². The van der Waals surface area contributed by atoms with E-state index in [9.17, 15) is 9.59 Å². The van der Waals surface area contributed by atoms with Crippen molar-refractivity contribution in [3.05, 3.63) is 60.7 Å². The Bertz CT molecular complexity index is 877. The lowest BCUT2D eigenvalue weighted by Gasteiger charge is -2.17. The number of allylic oxidation sites excluding steroid dienone is 2. The molecule has 27 heavy (non-hydrogen) atoms. The molecule has 0 radical (unpaired) electrons. The van der Waals surface area contributed by atoms with Crippen LogP contribution in [0.25, 0.3) is 0 Å². The van der Waals surface area contributed by atoms with Crippen LogP contribution in [0.4, 0.5) is 5.69 Å². The maximum Gasteiger partial charge on any atom is 0.323 e. The van der Waals surface area contributed by atoms with Crippen molar-refractivity contribution in [1.29, 1.82) is 0 Å². The van der Waals surface area contributed by atoms with Crippen LogP contribution in [0.5, 0.6) is 5.75 Å². The van der Waals surface area contributed by atoms with Crippen LogP contribution in [-0.2, 0) is 9.59 Å². The molecule has 0 unspecified atom stereocenters. The molecule has 7 nitrogen and oxygen atoms in total. The highest BCUT2D eigenvalue weighted by Crippen LogP contribution is 2.38. The second kappa shape index (κ2) is 7.63. The van der Waals surface area contributed by atoms with Crippen LogP contribution in [0.3, 0.4) is 0 Å². The lowest BCUT2D eigenvalue weighted by molar-refractivity contribution is -0.137. The van der Waals surface area contributed by atoms with E-state index in [0.717, 1.165) is 11.4 Å². The van der Waals surface area contributed by atoms with Crippen LogP contribution in [0.2, 0.25) is 0 Å². The Labute approximate surface area is 162 Å². The van der Waals surface area contributed by atoms with Crippen LogP contribution in [0.15, 0.2) is 60.7 Å². The summed E-state index contributed by atoms with van der Waals surface area (Å²) in [6.45, 7) is 6.10. The van der Waals surface area contributed by atoms with Gasteiger partial charge in [0, 0.05) is 19.2 Å². The quantitative estimate of drug-likeness (QED) is 0.458. The third-order valence-electron chi connectivity index (χ3n) is 4.16. The minimum absolute atomic E-state index is 0.148. The first-order valence-corrected chi connectivity index (χ1v) is 8.81. The van der Waals surface area contributed by atoms with Crippen LogP contribution in [-0.4, -0.2) is 51.5 Å². The number of hydrogen-bond donors (Lipinski definition) is 1. The van der Waals surface area contributed by atoms with Crippen molar-refractivity contribution in [2.45, 2.75) is 6.92 Å². The summed E-state index contributed by atoms with van der Waals surface area (Å²) in [4.78, 5) is 28.5. The zero-order valence-corrected chi connectivity index (χ0v) is 15.6. The topological polar surface area (TPSA) is 73.3 Å². The van der Waals surface area contributed by atoms with Gasteiger partial charge in [0.25, 0.3) is 5.91 Å². The zero-order chi connectivity index (χ0) is 19.6. The molecule has 2 heterocycles. The fourth-order valence-electron chi connectivity index (χ4n) is 2.98. The van der Waals surface area contributed by atoms with Crippen LogP contribution < -0.4 is 9.64 Å². The Kier molecular flexibility index (Phi) is 5.27. The van der Waals surface area contributed by atoms with Gasteiger partial charge in [-0.15, -0.1) is 6.58 Å². The molecule has 8 heteroatoms. The monoisotopic (exact) mass is 385 g/mol. The summed E-state index contributed by atoms with van der Waals surface area (Å²) in [5, 5.41) is 9.31. The number of anilines is 1. The lowest BCUT2D eigenvalue weighted by atomic mass is 10.3. The average Bonchev–Trinajstić information content (AvgIpc) is 3.10. The van der Waals surface area contributed by atoms with E-state index >= 15 is 0 Å². The van der Waals surface area contributed by atoms with Crippen molar-refractivity contribution in [2.24, 2.45) is 0 Å². The number of benzene rings is 1. The molecule has 140 valence electrons. The number of nitrogens with zero attached hydrogens (tertiary/aromatic N) is 3. The Morgan fingerprint density at radius 1 is 1.26 bits per heavy atom. The summed E-state index contributed by atoms with van der Waals surface area (Å²) in [7, 11) is 0. The van der Waals surface area contributed by atoms with Crippen molar-refractivity contribution < 1.29 is 19.4 Å². The van der Waals surface area contributed by atoms with E-state index in [1.54, 1.807) is 18.2 Å². The fourth-order valence-corrected chi connectivity index (χ4v) is 3.30. The summed E-state index contributed by atoms with van der Waals surface area (Å²) in [6, 6.07) is 7.62. The van der Waals surface area contributed by atoms with Crippen LogP contribution >= 0.6 is 12.2 Å². The molecule has 0 aliphatic carbocycles. The van der Waals surface area contributed by atoms with E-state index in [-0.39, 0.29) is 23.3 Å². The lowest BCUT2D eigenvalue weighted by Crippen LogP contribution is -2.35. The van der Waals surface area contributed by atoms with Gasteiger partial charge in [-0.25, -0.2) is 0 Å². The number of aliphatic carboxylic acids is 1. The van der Waals surface area contributed by atoms with Crippen molar-refractivity contribution in [3.8, 4) is 5.75 Å². The first-order valence-electron chi connectivity index (χ1n) is 8.40. The van der Waals surface area contributed by atoms with Crippen molar-refractivity contribution >= 4 is 34.9 Å². The second-order valence-electron chi connectivity index (χ2n) is 5.84. The zero-order valence-electron chi connectivity index (χ0n) is 14.8. The third kappa shape index (κ3) is 3.43. The number of para-hydroxylation sites is 2. The van der Waals surface area contributed by atoms with E-state index in [2.05, 4.69) is 6.58 Å². The molecule has 2 aliphatic rings. The molecule has 1 saturated heterocycles. The van der Waals surface area contributed by atoms with Gasteiger partial charge in [-0.05, 0) is 37.4 Å². The maximum atomic E-state index is 12.7. The van der Waals surface area contributed by atoms with Gasteiger partial charge in [0.2, 0.25) is 5.88 Å². The number of hydrogen-bond acceptors (Lipinski definition) is 5. The molecule has 1 aromatic rings. The molecule has 0 saturated carbocycles. The molecule has 2 aliphatic heterocycles. The Morgan fingerprint density at radius 2 is 2.00 bits per heavy atom. The van der Waals surface area contributed by atoms with Crippen LogP contribution in [0, 0.1) is 0 Å². The SMILES string of the molecule is C=CCN1C(=O)C(=CC=C2Oc3ccccc3N2CC)N(CC(=O)O)C1=S. The van der Waals surface area contributed by atoms with Crippen molar-refractivity contribution in [2.75, 3.05) is 24.5 Å². The number of rotatable bonds is 6. The van der Waals surface area contributed by atoms with Gasteiger partial charge >= 0.3 is 5.97 Å². The summed E-state index contributed by atoms with van der Waals surface area (Å²) < 4.78 is 5.86. The first-order chi connectivity index (χ1) is 13.0. The highest BCUT2D eigenvalue weighted by Gasteiger charge is 2.38. The van der Waals surface area contributed by atoms with E-state index in [1.165, 1.54) is 9.80 Å². The third-order valence-corrected chi connectivity index (χ3v) is 4.60. The van der Waals surface area contributed by atoms with Crippen molar-refractivity contribution in [1.82, 2.24) is 9.80 Å². The average molecular weight is 385 g/mol. The standard InChI is InChI=1S/C19H19N3O4S/c1-3-11-21-18(25)14(22(19(21)27)12-17(23)24)9-10-16-20(4-2)13-7-5-6-8-15(13)26-16/h3,5-10H,1,4,11-12H2,2H3,(H,23,24). The molecule has 1 aromatic carbocycles. The van der Waals surface area contributed by atoms with Gasteiger partial charge in [0.1, 0.15) is 12.2 Å². The number of carbonyl (C=O) groups excluding carboxylic acids is 1. The van der Waals surface area contributed by atoms with Gasteiger partial charge in [0.15, 0.2) is 10.9 Å². The molecule has 0 bridgehead atoms. The highest BCUT2D eigenvalue weighted by atomic mass is 32.1. The summed E-state index contributed by atoms with van der Waals surface area (Å²) in [5.74, 6) is -0.157. The Balaban J connectivity index is 1.95. The van der Waals surface area contributed by atoms with Gasteiger partial charge < -0.3 is 19.6 Å². The van der Waals surface area contributed by atoms with E-state index in [4.69, 9.17) is 22.1 Å². The molecular weight excluding hydrogens is 366 g/mol. The number of carboxylic acids is 1. The number of amides is 1. The minimum atomic E-state index is -1.08. The Morgan fingerprint density at radius 3 is 2.67 bits per heavy atom. The second-order valence-corrected chi connectivity index (χ2v) is 6.20. The van der Waals surface area contributed by atoms with E-state index in [0.29, 0.717) is 12.4 Å². The smallest absolute Gasteiger partial charge is 0.323 e. The number of carbonyl (C=O) groups is 2. The predicted octanol–water partition coefficient (Wildman–Crippen LogP) is 2.33. The molecular formula is C19H19N3O4S. The minimum Gasteiger partial charge on any atom is -0.480 e. The predicted molar refractivity (Wildman–Crippen MR) is 105 cm³/mol. The number of carboxylic acid groups (broad SMARTS) is 1. The molecule has 1 fully saturated rings. The summed E-state index contributed by atoms with van der Waals surface area (Å²) in [6.07, 6.45) is 4.75. The molecule has 3 rings (SSSR count). The summed E-state index contributed by atoms with van der Waals surface area (Å²) in [5.41, 5.74) is 1.13. The van der Waals surface area contributed by atoms with Crippen LogP contribution in [0.1, 0.15) is 6.92 Å². The van der Waals surface area contributed by atoms with E-state index in [1.807, 2.05) is 36.1 Å². The molecule has 1 amide bonds. The van der Waals surface area contributed by atoms with Crippen molar-refractivity contribution in [3.63, 3.8) is 0 Å². The molecule has 0 spiro atoms. The largest absolute Gasteiger partial charge is 0.480 e. The number of ether oxygens (including phenoxy) is 1. The van der Waals surface area contributed by atoms with Gasteiger partial charge in [-0.3, -0.25) is 14.5 Å². The summed E-state index contributed by atoms with van der Waals surface area (Å²) >= 11 is 5.27. The van der Waals surface area contributed by atoms with Gasteiger partial charge in [0.05, 0.1) is 5.69 Å². The molecule has 0 aromatic heterocycles. The number of fused-ring (bicyclic) bond motifs is 1. The first kappa shape index (κ1) is 18.7. The number of thiocarbonyl (C=S) groups is 1. The Hall–Kier alpha value is -3.13. The normalized spacial score (nSPS) is 19.1. The highest BCUT2D eigenvalue weighted by molar-refractivity contribution is 7.80. The fraction of sp³-hybridized carbons (Fsp3) is 0.211.